The molecule has 0 aromatic heterocycles. The fraction of sp³-hybridized carbons (Fsp3) is 0.434. The predicted octanol–water partition coefficient (Wildman–Crippen LogP) is 31.8. The van der Waals surface area contributed by atoms with Gasteiger partial charge in [-0.1, -0.05) is 391 Å². The number of rotatable bonds is 38. The van der Waals surface area contributed by atoms with Crippen molar-refractivity contribution in [2.75, 3.05) is 4.90 Å². The van der Waals surface area contributed by atoms with Crippen molar-refractivity contribution in [3.05, 3.63) is 279 Å². The molecule has 0 saturated heterocycles. The Hall–Kier alpha value is -8.00. The lowest BCUT2D eigenvalue weighted by Crippen LogP contribution is -2.31. The maximum Gasteiger partial charge on any atom is 0.0713 e. The molecule has 3 aliphatic carbocycles. The van der Waals surface area contributed by atoms with Gasteiger partial charge >= 0.3 is 0 Å². The SMILES string of the molecule is CCCCCCCCC1(CCCCCCCC)c2ccccc2-c2ccc(-c3ccc4c(c3)C(C)(C)c3cc(-c5ccc6c(c5)C(CCCCCCCC)(CCCCCCCC)c5ccccc5-6)ccc3N4c3ccc(C4(c5ccc(CCCCCC)cc5)c5cc(C)ccc5-c5ccc(C)cc54)cc3)cc21. The summed E-state index contributed by atoms with van der Waals surface area (Å²) in [7, 11) is 0. The van der Waals surface area contributed by atoms with Crippen LogP contribution in [0.25, 0.3) is 55.6 Å². The van der Waals surface area contributed by atoms with E-state index < -0.39 is 5.41 Å². The zero-order chi connectivity index (χ0) is 74.0. The highest BCUT2D eigenvalue weighted by Gasteiger charge is 2.48. The Kier molecular flexibility index (Phi) is 24.3. The monoisotopic (exact) mass is 1410 g/mol. The number of hydrogen-bond donors (Lipinski definition) is 0. The lowest BCUT2D eigenvalue weighted by atomic mass is 9.67. The average Bonchev–Trinajstić information content (AvgIpc) is 1.52. The highest BCUT2D eigenvalue weighted by atomic mass is 15.2. The fourth-order valence-corrected chi connectivity index (χ4v) is 20.7. The van der Waals surface area contributed by atoms with Gasteiger partial charge in [0.2, 0.25) is 0 Å². The second-order valence-corrected chi connectivity index (χ2v) is 34.2. The largest absolute Gasteiger partial charge is 0.310 e. The van der Waals surface area contributed by atoms with Gasteiger partial charge in [-0.2, -0.15) is 0 Å². The summed E-state index contributed by atoms with van der Waals surface area (Å²) in [6.45, 7) is 21.3. The second-order valence-electron chi connectivity index (χ2n) is 34.2. The maximum absolute atomic E-state index is 2.69. The van der Waals surface area contributed by atoms with Crippen LogP contribution in [-0.2, 0) is 28.1 Å². The number of anilines is 3. The van der Waals surface area contributed by atoms with E-state index in [1.807, 2.05) is 0 Å². The average molecular weight is 1420 g/mol. The van der Waals surface area contributed by atoms with Crippen LogP contribution in [-0.4, -0.2) is 0 Å². The summed E-state index contributed by atoms with van der Waals surface area (Å²) in [5.41, 5.74) is 35.1. The molecule has 1 nitrogen and oxygen atoms in total. The Morgan fingerprint density at radius 2 is 0.579 bits per heavy atom. The molecule has 0 bridgehead atoms. The van der Waals surface area contributed by atoms with Crippen molar-refractivity contribution < 1.29 is 0 Å². The standard InChI is InChI=1S/C106H127N/c1-10-15-20-25-29-38-67-104(68-39-30-26-21-16-11-2)93-45-36-34-43-87(93)89-63-51-80(73-95(89)104)82-53-65-101-99(75-82)103(8,9)100-76-83(81-52-64-90-88-44-35-37-46-94(88)105(96(90)74-81,69-40-31-27-22-17-12-3)70-41-32-28-23-18-13-4)54-66-102(100)107(101)86-59-57-85(58-60-86)106(84-55-49-79(50-56-84)42-33-24-19-14-5)97-71-77(6)47-61-91(97)92-62-48-78(7)72-98(92)106/h34-37,43-66,71-76H,10-33,38-42,67-70H2,1-9H3. The first-order chi connectivity index (χ1) is 52.4. The highest BCUT2D eigenvalue weighted by Crippen LogP contribution is 2.61. The van der Waals surface area contributed by atoms with Gasteiger partial charge in [0.1, 0.15) is 0 Å². The smallest absolute Gasteiger partial charge is 0.0713 e. The van der Waals surface area contributed by atoms with E-state index in [9.17, 15) is 0 Å². The van der Waals surface area contributed by atoms with Gasteiger partial charge < -0.3 is 4.90 Å². The number of aryl methyl sites for hydroxylation is 3. The lowest BCUT2D eigenvalue weighted by molar-refractivity contribution is 0.398. The molecule has 14 rings (SSSR count). The first-order valence-corrected chi connectivity index (χ1v) is 43.4. The number of unbranched alkanes of at least 4 members (excludes halogenated alkanes) is 23. The Labute approximate surface area is 647 Å². The van der Waals surface area contributed by atoms with Crippen molar-refractivity contribution in [2.24, 2.45) is 0 Å². The van der Waals surface area contributed by atoms with E-state index in [0.29, 0.717) is 0 Å². The molecular formula is C106H127N. The van der Waals surface area contributed by atoms with E-state index in [0.717, 1.165) is 6.42 Å². The molecule has 0 atom stereocenters. The molecule has 0 saturated carbocycles. The van der Waals surface area contributed by atoms with Gasteiger partial charge in [0.15, 0.2) is 0 Å². The number of fused-ring (bicyclic) bond motifs is 11. The number of hydrogen-bond acceptors (Lipinski definition) is 1. The van der Waals surface area contributed by atoms with Crippen LogP contribution >= 0.6 is 0 Å². The minimum atomic E-state index is -0.512. The summed E-state index contributed by atoms with van der Waals surface area (Å²) >= 11 is 0. The van der Waals surface area contributed by atoms with Crippen LogP contribution in [0, 0.1) is 13.8 Å². The predicted molar refractivity (Wildman–Crippen MR) is 463 cm³/mol. The molecule has 1 heterocycles. The van der Waals surface area contributed by atoms with Crippen LogP contribution in [0.1, 0.15) is 326 Å². The van der Waals surface area contributed by atoms with Gasteiger partial charge in [-0.3, -0.25) is 0 Å². The van der Waals surface area contributed by atoms with Gasteiger partial charge in [0, 0.05) is 21.9 Å². The molecular weight excluding hydrogens is 1290 g/mol. The van der Waals surface area contributed by atoms with Crippen molar-refractivity contribution in [1.29, 1.82) is 0 Å². The van der Waals surface area contributed by atoms with Crippen molar-refractivity contribution in [1.82, 2.24) is 0 Å². The van der Waals surface area contributed by atoms with Crippen LogP contribution in [0.4, 0.5) is 17.1 Å². The van der Waals surface area contributed by atoms with Gasteiger partial charge in [-0.25, -0.2) is 0 Å². The van der Waals surface area contributed by atoms with Crippen LogP contribution in [0.2, 0.25) is 0 Å². The Balaban J connectivity index is 0.906. The highest BCUT2D eigenvalue weighted by molar-refractivity contribution is 5.93. The quantitative estimate of drug-likeness (QED) is 0.0349. The van der Waals surface area contributed by atoms with E-state index in [1.165, 1.54) is 328 Å². The molecule has 0 unspecified atom stereocenters. The molecule has 556 valence electrons. The van der Waals surface area contributed by atoms with Gasteiger partial charge in [-0.05, 0) is 218 Å². The molecule has 0 radical (unpaired) electrons. The fourth-order valence-electron chi connectivity index (χ4n) is 20.7. The molecule has 0 amide bonds. The van der Waals surface area contributed by atoms with E-state index in [4.69, 9.17) is 0 Å². The van der Waals surface area contributed by atoms with E-state index >= 15 is 0 Å². The van der Waals surface area contributed by atoms with Crippen molar-refractivity contribution >= 4 is 17.1 Å². The Morgan fingerprint density at radius 1 is 0.262 bits per heavy atom. The summed E-state index contributed by atoms with van der Waals surface area (Å²) in [5.74, 6) is 0. The van der Waals surface area contributed by atoms with Crippen LogP contribution in [0.3, 0.4) is 0 Å². The van der Waals surface area contributed by atoms with Gasteiger partial charge in [0.25, 0.3) is 0 Å². The van der Waals surface area contributed by atoms with Gasteiger partial charge in [-0.15, -0.1) is 0 Å². The third kappa shape index (κ3) is 14.9. The minimum Gasteiger partial charge on any atom is -0.310 e. The summed E-state index contributed by atoms with van der Waals surface area (Å²) in [5, 5.41) is 0. The van der Waals surface area contributed by atoms with Crippen LogP contribution < -0.4 is 4.90 Å². The van der Waals surface area contributed by atoms with Crippen molar-refractivity contribution in [3.8, 4) is 55.6 Å². The van der Waals surface area contributed by atoms with E-state index in [1.54, 1.807) is 22.3 Å². The summed E-state index contributed by atoms with van der Waals surface area (Å²) in [6.07, 6.45) is 42.7. The summed E-state index contributed by atoms with van der Waals surface area (Å²) in [4.78, 5) is 2.65. The molecule has 4 aliphatic rings. The Bertz CT molecular complexity index is 4370. The number of benzene rings is 10. The molecule has 1 aliphatic heterocycles. The van der Waals surface area contributed by atoms with E-state index in [2.05, 4.69) is 273 Å². The molecule has 10 aromatic rings. The topological polar surface area (TPSA) is 3.24 Å². The van der Waals surface area contributed by atoms with Crippen molar-refractivity contribution in [3.63, 3.8) is 0 Å². The molecule has 1 heteroatoms. The molecule has 0 fully saturated rings. The first-order valence-electron chi connectivity index (χ1n) is 43.4. The lowest BCUT2D eigenvalue weighted by Gasteiger charge is -2.43. The number of nitrogens with zero attached hydrogens (tertiary/aromatic N) is 1. The summed E-state index contributed by atoms with van der Waals surface area (Å²) < 4.78 is 0. The normalized spacial score (nSPS) is 14.8. The first kappa shape index (κ1) is 75.8. The zero-order valence-corrected chi connectivity index (χ0v) is 67.4. The summed E-state index contributed by atoms with van der Waals surface area (Å²) in [6, 6.07) is 84.1. The molecule has 10 aromatic carbocycles. The van der Waals surface area contributed by atoms with Crippen LogP contribution in [0.15, 0.2) is 206 Å². The molecule has 0 N–H and O–H groups in total. The Morgan fingerprint density at radius 3 is 0.981 bits per heavy atom. The van der Waals surface area contributed by atoms with Crippen LogP contribution in [0.5, 0.6) is 0 Å². The maximum atomic E-state index is 2.69. The zero-order valence-electron chi connectivity index (χ0n) is 67.4. The third-order valence-electron chi connectivity index (χ3n) is 26.6. The molecule has 0 spiro atoms. The van der Waals surface area contributed by atoms with E-state index in [-0.39, 0.29) is 16.2 Å². The van der Waals surface area contributed by atoms with Crippen molar-refractivity contribution in [2.45, 2.75) is 296 Å². The second kappa shape index (κ2) is 34.3. The van der Waals surface area contributed by atoms with Gasteiger partial charge in [0.05, 0.1) is 16.8 Å². The molecule has 107 heavy (non-hydrogen) atoms. The minimum absolute atomic E-state index is 0.00195. The third-order valence-corrected chi connectivity index (χ3v) is 26.6.